The molecule has 0 radical (unpaired) electrons. The number of hydrogen-bond acceptors (Lipinski definition) is 8. The Morgan fingerprint density at radius 3 is 1.60 bits per heavy atom. The first-order valence-electron chi connectivity index (χ1n) is 13.7. The third-order valence-electron chi connectivity index (χ3n) is 6.81. The van der Waals surface area contributed by atoms with Crippen molar-refractivity contribution in [3.8, 4) is 0 Å². The van der Waals surface area contributed by atoms with Crippen LogP contribution in [0.25, 0.3) is 0 Å². The number of benzene rings is 3. The van der Waals surface area contributed by atoms with Gasteiger partial charge in [0.25, 0.3) is 0 Å². The summed E-state index contributed by atoms with van der Waals surface area (Å²) in [5.41, 5.74) is 3.12. The van der Waals surface area contributed by atoms with E-state index in [1.807, 2.05) is 13.0 Å². The van der Waals surface area contributed by atoms with Crippen molar-refractivity contribution in [3.63, 3.8) is 0 Å². The predicted molar refractivity (Wildman–Crippen MR) is 157 cm³/mol. The van der Waals surface area contributed by atoms with E-state index < -0.39 is 36.1 Å². The van der Waals surface area contributed by atoms with E-state index in [2.05, 4.69) is 29.2 Å². The van der Waals surface area contributed by atoms with Gasteiger partial charge < -0.3 is 19.7 Å². The number of aliphatic carboxylic acids is 2. The highest BCUT2D eigenvalue weighted by molar-refractivity contribution is 5.95. The molecule has 0 saturated carbocycles. The number of carbonyl (C=O) groups is 5. The molecule has 2 N–H and O–H groups in total. The zero-order valence-electron chi connectivity index (χ0n) is 24.3. The van der Waals surface area contributed by atoms with Gasteiger partial charge in [-0.3, -0.25) is 9.69 Å². The molecule has 10 heteroatoms. The van der Waals surface area contributed by atoms with E-state index >= 15 is 0 Å². The molecule has 0 bridgehead atoms. The summed E-state index contributed by atoms with van der Waals surface area (Å²) in [7, 11) is 0. The number of carboxylic acids is 2. The van der Waals surface area contributed by atoms with Gasteiger partial charge >= 0.3 is 23.9 Å². The van der Waals surface area contributed by atoms with Crippen molar-refractivity contribution in [1.29, 1.82) is 0 Å². The smallest absolute Gasteiger partial charge is 0.349 e. The van der Waals surface area contributed by atoms with Crippen molar-refractivity contribution >= 4 is 29.7 Å². The van der Waals surface area contributed by atoms with Gasteiger partial charge in [0, 0.05) is 32.0 Å². The average Bonchev–Trinajstić information content (AvgIpc) is 2.98. The van der Waals surface area contributed by atoms with Gasteiger partial charge in [-0.2, -0.15) is 0 Å². The van der Waals surface area contributed by atoms with Crippen molar-refractivity contribution in [3.05, 3.63) is 107 Å². The quantitative estimate of drug-likeness (QED) is 0.346. The van der Waals surface area contributed by atoms with E-state index in [1.54, 1.807) is 38.1 Å². The summed E-state index contributed by atoms with van der Waals surface area (Å²) in [6.07, 6.45) is -3.73. The van der Waals surface area contributed by atoms with Crippen LogP contribution >= 0.6 is 0 Å². The Hall–Kier alpha value is -4.83. The normalized spacial score (nSPS) is 16.2. The Morgan fingerprint density at radius 1 is 0.767 bits per heavy atom. The number of hydrogen-bond donors (Lipinski definition) is 2. The minimum Gasteiger partial charge on any atom is -0.478 e. The minimum atomic E-state index is -2.22. The number of nitrogens with zero attached hydrogens (tertiary/aromatic N) is 1. The van der Waals surface area contributed by atoms with Crippen molar-refractivity contribution < 1.29 is 43.7 Å². The molecule has 43 heavy (non-hydrogen) atoms. The highest BCUT2D eigenvalue weighted by Crippen LogP contribution is 2.16. The lowest BCUT2D eigenvalue weighted by Crippen LogP contribution is -2.45. The SMILES string of the molecule is C[C@H]1CN(Cc2ccccc2)CCC1=O.Cc1ccc(C(=O)OC(C(=O)O)C(OC(=O)c2ccc(C)cc2)C(=O)O)cc1. The Labute approximate surface area is 249 Å². The molecule has 226 valence electrons. The zero-order chi connectivity index (χ0) is 31.5. The van der Waals surface area contributed by atoms with Gasteiger partial charge in [0.05, 0.1) is 11.1 Å². The maximum Gasteiger partial charge on any atom is 0.349 e. The van der Waals surface area contributed by atoms with Crippen LogP contribution in [0, 0.1) is 19.8 Å². The van der Waals surface area contributed by atoms with Crippen LogP contribution in [-0.2, 0) is 30.4 Å². The molecule has 1 fully saturated rings. The van der Waals surface area contributed by atoms with Gasteiger partial charge in [0.2, 0.25) is 12.2 Å². The van der Waals surface area contributed by atoms with E-state index in [4.69, 9.17) is 9.47 Å². The molecule has 1 aliphatic heterocycles. The summed E-state index contributed by atoms with van der Waals surface area (Å²) >= 11 is 0. The van der Waals surface area contributed by atoms with Crippen LogP contribution in [-0.4, -0.2) is 70.1 Å². The number of ketones is 1. The van der Waals surface area contributed by atoms with Gasteiger partial charge in [0.1, 0.15) is 5.78 Å². The Balaban J connectivity index is 0.000000282. The minimum absolute atomic E-state index is 0.0332. The fraction of sp³-hybridized carbons (Fsp3) is 0.303. The molecule has 1 aliphatic rings. The number of likely N-dealkylation sites (tertiary alicyclic amines) is 1. The van der Waals surface area contributed by atoms with Crippen molar-refractivity contribution in [2.24, 2.45) is 5.92 Å². The summed E-state index contributed by atoms with van der Waals surface area (Å²) in [6.45, 7) is 8.41. The highest BCUT2D eigenvalue weighted by atomic mass is 16.6. The second-order valence-electron chi connectivity index (χ2n) is 10.4. The summed E-state index contributed by atoms with van der Waals surface area (Å²) in [5.74, 6) is -4.99. The topological polar surface area (TPSA) is 148 Å². The molecular weight excluding hydrogens is 554 g/mol. The first-order chi connectivity index (χ1) is 20.4. The number of piperidine rings is 1. The van der Waals surface area contributed by atoms with Crippen LogP contribution in [0.1, 0.15) is 50.8 Å². The molecule has 0 aliphatic carbocycles. The molecule has 10 nitrogen and oxygen atoms in total. The standard InChI is InChI=1S/C20H18O8.C13H17NO/c1-11-3-7-13(8-4-11)19(25)27-15(17(21)22)16(18(23)24)28-20(26)14-9-5-12(2)6-10-14;1-11-9-14(8-7-13(11)15)10-12-5-3-2-4-6-12/h3-10,15-16H,1-2H3,(H,21,22)(H,23,24);2-6,11H,7-10H2,1H3/t;11-/m.0/s1. The lowest BCUT2D eigenvalue weighted by Gasteiger charge is -2.29. The number of ether oxygens (including phenoxy) is 2. The Morgan fingerprint density at radius 2 is 1.21 bits per heavy atom. The van der Waals surface area contributed by atoms with Gasteiger partial charge in [0.15, 0.2) is 0 Å². The van der Waals surface area contributed by atoms with Gasteiger partial charge in [-0.05, 0) is 43.7 Å². The van der Waals surface area contributed by atoms with Crippen LogP contribution in [0.5, 0.6) is 0 Å². The first-order valence-corrected chi connectivity index (χ1v) is 13.7. The summed E-state index contributed by atoms with van der Waals surface area (Å²) in [6, 6.07) is 22.5. The van der Waals surface area contributed by atoms with Crippen LogP contribution in [0.15, 0.2) is 78.9 Å². The maximum atomic E-state index is 12.2. The molecule has 3 aromatic carbocycles. The van der Waals surface area contributed by atoms with Gasteiger partial charge in [-0.1, -0.05) is 72.6 Å². The van der Waals surface area contributed by atoms with E-state index in [1.165, 1.54) is 29.8 Å². The lowest BCUT2D eigenvalue weighted by atomic mass is 9.98. The number of carboxylic acid groups (broad SMARTS) is 2. The van der Waals surface area contributed by atoms with E-state index in [0.29, 0.717) is 12.2 Å². The van der Waals surface area contributed by atoms with Crippen molar-refractivity contribution in [1.82, 2.24) is 4.90 Å². The van der Waals surface area contributed by atoms with Crippen molar-refractivity contribution in [2.75, 3.05) is 13.1 Å². The predicted octanol–water partition coefficient (Wildman–Crippen LogP) is 4.32. The molecule has 0 spiro atoms. The molecular formula is C33H35NO9. The van der Waals surface area contributed by atoms with Crippen LogP contribution in [0.2, 0.25) is 0 Å². The molecule has 3 aromatic rings. The van der Waals surface area contributed by atoms with Crippen molar-refractivity contribution in [2.45, 2.75) is 45.9 Å². The molecule has 1 saturated heterocycles. The fourth-order valence-corrected chi connectivity index (χ4v) is 4.31. The maximum absolute atomic E-state index is 12.2. The number of Topliss-reactive ketones (excluding diaryl/α,β-unsaturated/α-hetero) is 1. The number of carbonyl (C=O) groups excluding carboxylic acids is 3. The van der Waals surface area contributed by atoms with Gasteiger partial charge in [-0.15, -0.1) is 0 Å². The average molecular weight is 590 g/mol. The number of esters is 2. The highest BCUT2D eigenvalue weighted by Gasteiger charge is 2.41. The molecule has 0 amide bonds. The molecule has 4 rings (SSSR count). The number of aryl methyl sites for hydroxylation is 2. The summed E-state index contributed by atoms with van der Waals surface area (Å²) in [4.78, 5) is 61.1. The summed E-state index contributed by atoms with van der Waals surface area (Å²) in [5, 5.41) is 18.6. The fourth-order valence-electron chi connectivity index (χ4n) is 4.31. The second-order valence-corrected chi connectivity index (χ2v) is 10.4. The molecule has 0 aromatic heterocycles. The zero-order valence-corrected chi connectivity index (χ0v) is 24.3. The van der Waals surface area contributed by atoms with E-state index in [0.717, 1.165) is 30.8 Å². The Kier molecular flexibility index (Phi) is 11.7. The lowest BCUT2D eigenvalue weighted by molar-refractivity contribution is -0.166. The Bertz CT molecular complexity index is 1340. The summed E-state index contributed by atoms with van der Waals surface area (Å²) < 4.78 is 9.64. The molecule has 3 atom stereocenters. The largest absolute Gasteiger partial charge is 0.478 e. The number of rotatable bonds is 9. The monoisotopic (exact) mass is 589 g/mol. The molecule has 2 unspecified atom stereocenters. The second kappa shape index (κ2) is 15.4. The van der Waals surface area contributed by atoms with Crippen LogP contribution in [0.4, 0.5) is 0 Å². The van der Waals surface area contributed by atoms with Gasteiger partial charge in [-0.25, -0.2) is 19.2 Å². The third kappa shape index (κ3) is 9.89. The first kappa shape index (κ1) is 32.7. The van der Waals surface area contributed by atoms with Crippen LogP contribution < -0.4 is 0 Å². The third-order valence-corrected chi connectivity index (χ3v) is 6.81. The van der Waals surface area contributed by atoms with E-state index in [-0.39, 0.29) is 17.0 Å². The molecule has 1 heterocycles. The van der Waals surface area contributed by atoms with Crippen LogP contribution in [0.3, 0.4) is 0 Å². The van der Waals surface area contributed by atoms with E-state index in [9.17, 15) is 34.2 Å².